The fraction of sp³-hybridized carbons (Fsp3) is 0.917. The number of nitrogens with zero attached hydrogens (tertiary/aromatic N) is 4. The van der Waals surface area contributed by atoms with Gasteiger partial charge in [0, 0.05) is 19.6 Å². The summed E-state index contributed by atoms with van der Waals surface area (Å²) in [6.07, 6.45) is 2.73. The molecule has 0 amide bonds. The Labute approximate surface area is 119 Å². The number of likely N-dealkylation sites (tertiary alicyclic amines) is 1. The summed E-state index contributed by atoms with van der Waals surface area (Å²) in [5, 5.41) is 1.17. The zero-order valence-corrected chi connectivity index (χ0v) is 13.4. The van der Waals surface area contributed by atoms with Crippen LogP contribution in [-0.4, -0.2) is 72.2 Å². The Balaban J connectivity index is 1.86. The van der Waals surface area contributed by atoms with E-state index in [1.54, 1.807) is 10.8 Å². The standard InChI is InChI=1S/C12H24N4S2/c1-10(9-16-7-5-6-8-16)15(4)12-13-11(14(2)3)17-18-12/h10-11H,5-9H2,1-4H3. The Bertz CT molecular complexity index is 302. The summed E-state index contributed by atoms with van der Waals surface area (Å²) in [7, 11) is 9.97. The van der Waals surface area contributed by atoms with Crippen molar-refractivity contribution in [2.24, 2.45) is 4.99 Å². The molecule has 6 heteroatoms. The van der Waals surface area contributed by atoms with Crippen molar-refractivity contribution in [3.8, 4) is 0 Å². The maximum Gasteiger partial charge on any atom is 0.172 e. The lowest BCUT2D eigenvalue weighted by atomic mass is 10.3. The number of rotatable bonds is 4. The summed E-state index contributed by atoms with van der Waals surface area (Å²) in [6.45, 7) is 6.00. The summed E-state index contributed by atoms with van der Waals surface area (Å²) >= 11 is 0. The van der Waals surface area contributed by atoms with Crippen LogP contribution < -0.4 is 0 Å². The number of likely N-dealkylation sites (N-methyl/N-ethyl adjacent to an activating group) is 1. The Morgan fingerprint density at radius 2 is 2.00 bits per heavy atom. The van der Waals surface area contributed by atoms with Gasteiger partial charge in [0.15, 0.2) is 10.7 Å². The first-order chi connectivity index (χ1) is 8.58. The largest absolute Gasteiger partial charge is 0.350 e. The highest BCUT2D eigenvalue weighted by atomic mass is 33.1. The smallest absolute Gasteiger partial charge is 0.172 e. The average molecular weight is 288 g/mol. The van der Waals surface area contributed by atoms with E-state index < -0.39 is 0 Å². The molecule has 2 heterocycles. The molecule has 1 fully saturated rings. The van der Waals surface area contributed by atoms with E-state index in [1.807, 2.05) is 10.8 Å². The van der Waals surface area contributed by atoms with Crippen molar-refractivity contribution in [2.45, 2.75) is 31.3 Å². The van der Waals surface area contributed by atoms with Crippen LogP contribution in [0.4, 0.5) is 0 Å². The monoisotopic (exact) mass is 288 g/mol. The van der Waals surface area contributed by atoms with Crippen molar-refractivity contribution in [1.29, 1.82) is 0 Å². The number of aliphatic imine (C=N–C) groups is 1. The third-order valence-electron chi connectivity index (χ3n) is 3.56. The van der Waals surface area contributed by atoms with Gasteiger partial charge in [-0.05, 0) is 68.5 Å². The summed E-state index contributed by atoms with van der Waals surface area (Å²) in [5.41, 5.74) is 0.270. The second-order valence-corrected chi connectivity index (χ2v) is 7.57. The molecule has 2 aliphatic rings. The minimum atomic E-state index is 0.270. The number of hydrogen-bond donors (Lipinski definition) is 0. The van der Waals surface area contributed by atoms with Gasteiger partial charge in [0.2, 0.25) is 0 Å². The summed E-state index contributed by atoms with van der Waals surface area (Å²) in [6, 6.07) is 0.538. The van der Waals surface area contributed by atoms with Crippen LogP contribution in [0.1, 0.15) is 19.8 Å². The minimum absolute atomic E-state index is 0.270. The van der Waals surface area contributed by atoms with Gasteiger partial charge in [-0.3, -0.25) is 4.90 Å². The number of amidine groups is 1. The predicted octanol–water partition coefficient (Wildman–Crippen LogP) is 2.00. The Morgan fingerprint density at radius 3 is 2.56 bits per heavy atom. The third kappa shape index (κ3) is 3.56. The molecule has 0 saturated carbocycles. The van der Waals surface area contributed by atoms with Gasteiger partial charge < -0.3 is 9.80 Å². The molecule has 2 rings (SSSR count). The van der Waals surface area contributed by atoms with Gasteiger partial charge in [-0.1, -0.05) is 0 Å². The quantitative estimate of drug-likeness (QED) is 0.736. The van der Waals surface area contributed by atoms with E-state index in [4.69, 9.17) is 4.99 Å². The zero-order chi connectivity index (χ0) is 13.1. The molecule has 104 valence electrons. The van der Waals surface area contributed by atoms with Crippen molar-refractivity contribution in [2.75, 3.05) is 40.8 Å². The fourth-order valence-corrected chi connectivity index (χ4v) is 4.86. The molecule has 18 heavy (non-hydrogen) atoms. The first-order valence-corrected chi connectivity index (χ1v) is 8.82. The molecule has 1 saturated heterocycles. The number of hydrogen-bond acceptors (Lipinski definition) is 6. The zero-order valence-electron chi connectivity index (χ0n) is 11.8. The molecular formula is C12H24N4S2. The van der Waals surface area contributed by atoms with Crippen LogP contribution in [-0.2, 0) is 0 Å². The molecule has 0 aromatic carbocycles. The van der Waals surface area contributed by atoms with Gasteiger partial charge in [0.1, 0.15) is 0 Å². The molecule has 0 aromatic rings. The van der Waals surface area contributed by atoms with Gasteiger partial charge in [-0.2, -0.15) is 0 Å². The van der Waals surface area contributed by atoms with E-state index >= 15 is 0 Å². The maximum absolute atomic E-state index is 4.76. The van der Waals surface area contributed by atoms with E-state index in [-0.39, 0.29) is 5.50 Å². The molecule has 0 aromatic heterocycles. The van der Waals surface area contributed by atoms with E-state index in [9.17, 15) is 0 Å². The third-order valence-corrected chi connectivity index (χ3v) is 6.15. The molecule has 0 radical (unpaired) electrons. The molecule has 0 spiro atoms. The first-order valence-electron chi connectivity index (χ1n) is 6.60. The van der Waals surface area contributed by atoms with Gasteiger partial charge >= 0.3 is 0 Å². The second-order valence-electron chi connectivity index (χ2n) is 5.35. The van der Waals surface area contributed by atoms with Gasteiger partial charge in [-0.25, -0.2) is 4.99 Å². The highest BCUT2D eigenvalue weighted by molar-refractivity contribution is 8.82. The molecular weight excluding hydrogens is 264 g/mol. The van der Waals surface area contributed by atoms with Crippen LogP contribution in [0.2, 0.25) is 0 Å². The fourth-order valence-electron chi connectivity index (χ4n) is 2.22. The van der Waals surface area contributed by atoms with E-state index in [0.29, 0.717) is 6.04 Å². The van der Waals surface area contributed by atoms with Gasteiger partial charge in [0.05, 0.1) is 0 Å². The topological polar surface area (TPSA) is 22.1 Å². The van der Waals surface area contributed by atoms with Crippen LogP contribution in [0.15, 0.2) is 4.99 Å². The lowest BCUT2D eigenvalue weighted by Gasteiger charge is -2.29. The Hall–Kier alpha value is 0.0900. The molecule has 0 aliphatic carbocycles. The van der Waals surface area contributed by atoms with Crippen LogP contribution >= 0.6 is 21.6 Å². The minimum Gasteiger partial charge on any atom is -0.350 e. The second kappa shape index (κ2) is 6.50. The van der Waals surface area contributed by atoms with E-state index in [2.05, 4.69) is 42.8 Å². The van der Waals surface area contributed by atoms with Crippen LogP contribution in [0, 0.1) is 0 Å². The highest BCUT2D eigenvalue weighted by Gasteiger charge is 2.26. The predicted molar refractivity (Wildman–Crippen MR) is 83.0 cm³/mol. The van der Waals surface area contributed by atoms with E-state index in [0.717, 1.165) is 6.54 Å². The molecule has 4 nitrogen and oxygen atoms in total. The van der Waals surface area contributed by atoms with Crippen molar-refractivity contribution in [3.05, 3.63) is 0 Å². The lowest BCUT2D eigenvalue weighted by molar-refractivity contribution is 0.253. The normalized spacial score (nSPS) is 26.7. The van der Waals surface area contributed by atoms with Crippen molar-refractivity contribution >= 4 is 26.8 Å². The van der Waals surface area contributed by atoms with Crippen molar-refractivity contribution in [1.82, 2.24) is 14.7 Å². The molecule has 2 atom stereocenters. The van der Waals surface area contributed by atoms with Gasteiger partial charge in [0.25, 0.3) is 0 Å². The Morgan fingerprint density at radius 1 is 1.33 bits per heavy atom. The Kier molecular flexibility index (Phi) is 5.24. The van der Waals surface area contributed by atoms with Gasteiger partial charge in [-0.15, -0.1) is 0 Å². The van der Waals surface area contributed by atoms with Crippen LogP contribution in [0.5, 0.6) is 0 Å². The van der Waals surface area contributed by atoms with Crippen LogP contribution in [0.3, 0.4) is 0 Å². The first kappa shape index (κ1) is 14.5. The lowest BCUT2D eigenvalue weighted by Crippen LogP contribution is -2.41. The summed E-state index contributed by atoms with van der Waals surface area (Å²) in [4.78, 5) is 11.8. The molecule has 0 bridgehead atoms. The van der Waals surface area contributed by atoms with Crippen LogP contribution in [0.25, 0.3) is 0 Å². The average Bonchev–Trinajstić information content (AvgIpc) is 2.98. The SMILES string of the molecule is CC(CN1CCCC1)N(C)C1=NC(N(C)C)SS1. The highest BCUT2D eigenvalue weighted by Crippen LogP contribution is 2.38. The molecule has 2 aliphatic heterocycles. The summed E-state index contributed by atoms with van der Waals surface area (Å²) in [5.74, 6) is 0. The van der Waals surface area contributed by atoms with E-state index in [1.165, 1.54) is 31.1 Å². The van der Waals surface area contributed by atoms with Crippen molar-refractivity contribution in [3.63, 3.8) is 0 Å². The molecule has 0 N–H and O–H groups in total. The summed E-state index contributed by atoms with van der Waals surface area (Å²) < 4.78 is 0. The molecule has 2 unspecified atom stereocenters. The maximum atomic E-state index is 4.76. The van der Waals surface area contributed by atoms with Crippen molar-refractivity contribution < 1.29 is 0 Å².